The Morgan fingerprint density at radius 1 is 1.32 bits per heavy atom. The van der Waals surface area contributed by atoms with Gasteiger partial charge in [0, 0.05) is 56.3 Å². The van der Waals surface area contributed by atoms with E-state index in [1.54, 1.807) is 29.8 Å². The normalized spacial score (nSPS) is 22.4. The molecule has 2 N–H and O–H groups in total. The number of hydroxylamine groups is 1. The Kier molecular flexibility index (Phi) is 8.22. The molecule has 8 heteroatoms. The van der Waals surface area contributed by atoms with E-state index in [-0.39, 0.29) is 11.7 Å². The highest BCUT2D eigenvalue weighted by Crippen LogP contribution is 2.30. The van der Waals surface area contributed by atoms with Gasteiger partial charge in [0.25, 0.3) is 5.91 Å². The van der Waals surface area contributed by atoms with Crippen molar-refractivity contribution < 1.29 is 23.9 Å². The third-order valence-corrected chi connectivity index (χ3v) is 5.45. The second-order valence-corrected chi connectivity index (χ2v) is 7.85. The number of rotatable bonds is 8. The first-order valence-corrected chi connectivity index (χ1v) is 10.5. The Hall–Kier alpha value is -2.68. The van der Waals surface area contributed by atoms with Crippen LogP contribution in [-0.2, 0) is 4.79 Å². The van der Waals surface area contributed by atoms with Crippen molar-refractivity contribution >= 4 is 12.0 Å². The topological polar surface area (TPSA) is 74.3 Å². The van der Waals surface area contributed by atoms with Crippen molar-refractivity contribution in [1.82, 2.24) is 15.3 Å². The molecule has 1 amide bonds. The number of piperazine rings is 1. The lowest BCUT2D eigenvalue weighted by atomic mass is 9.99. The molecule has 1 aliphatic heterocycles. The maximum absolute atomic E-state index is 13.7. The summed E-state index contributed by atoms with van der Waals surface area (Å²) in [5, 5.41) is 8.70. The van der Waals surface area contributed by atoms with E-state index < -0.39 is 12.0 Å². The summed E-state index contributed by atoms with van der Waals surface area (Å²) in [5.41, 5.74) is 2.17. The van der Waals surface area contributed by atoms with E-state index in [1.807, 2.05) is 6.92 Å². The van der Waals surface area contributed by atoms with Gasteiger partial charge in [0.1, 0.15) is 30.0 Å². The van der Waals surface area contributed by atoms with Gasteiger partial charge in [-0.15, -0.1) is 0 Å². The Balaban J connectivity index is 1.69. The second-order valence-electron chi connectivity index (χ2n) is 7.85. The summed E-state index contributed by atoms with van der Waals surface area (Å²) in [6.45, 7) is 7.47. The van der Waals surface area contributed by atoms with E-state index >= 15 is 0 Å². The third kappa shape index (κ3) is 6.92. The molecule has 1 fully saturated rings. The minimum absolute atomic E-state index is 0.0149. The van der Waals surface area contributed by atoms with Crippen molar-refractivity contribution in [2.75, 3.05) is 46.4 Å². The highest BCUT2D eigenvalue weighted by atomic mass is 19.1. The lowest BCUT2D eigenvalue weighted by molar-refractivity contribution is -0.124. The molecule has 0 bridgehead atoms. The van der Waals surface area contributed by atoms with Crippen molar-refractivity contribution in [2.45, 2.75) is 13.0 Å². The van der Waals surface area contributed by atoms with Crippen LogP contribution >= 0.6 is 0 Å². The lowest BCUT2D eigenvalue weighted by Gasteiger charge is -2.32. The number of allylic oxidation sites excluding steroid dienone is 2. The third-order valence-electron chi connectivity index (χ3n) is 5.45. The van der Waals surface area contributed by atoms with Gasteiger partial charge >= 0.3 is 0 Å². The molecule has 7 nitrogen and oxygen atoms in total. The molecular formula is C23H30FN3O4. The number of benzene rings is 1. The summed E-state index contributed by atoms with van der Waals surface area (Å²) >= 11 is 0. The predicted octanol–water partition coefficient (Wildman–Crippen LogP) is 2.64. The number of ether oxygens (including phenoxy) is 2. The Bertz CT molecular complexity index is 847. The smallest absolute Gasteiger partial charge is 0.267 e. The van der Waals surface area contributed by atoms with Gasteiger partial charge in [-0.3, -0.25) is 14.9 Å². The van der Waals surface area contributed by atoms with Crippen LogP contribution in [0.4, 0.5) is 4.39 Å². The van der Waals surface area contributed by atoms with Crippen LogP contribution in [0.25, 0.3) is 6.08 Å². The molecule has 1 aromatic carbocycles. The Labute approximate surface area is 182 Å². The van der Waals surface area contributed by atoms with Gasteiger partial charge in [-0.2, -0.15) is 0 Å². The quantitative estimate of drug-likeness (QED) is 0.375. The van der Waals surface area contributed by atoms with Crippen molar-refractivity contribution in [3.8, 4) is 11.5 Å². The van der Waals surface area contributed by atoms with E-state index in [0.717, 1.165) is 32.7 Å². The van der Waals surface area contributed by atoms with Crippen LogP contribution in [0.2, 0.25) is 0 Å². The van der Waals surface area contributed by atoms with Gasteiger partial charge in [-0.1, -0.05) is 13.0 Å². The molecule has 168 valence electrons. The standard InChI is InChI=1S/C23H30FN3O4/c1-17-3-6-19(24)15-21(17)31-22-16-20(7-4-18(22)5-8-23(28)25-29)30-14-13-27-11-9-26(2)10-12-27/h3-8,15-17,21,29H,9-14H2,1-2H3,(H,25,28)/b8-5+. The first kappa shape index (κ1) is 23.0. The van der Waals surface area contributed by atoms with Crippen molar-refractivity contribution in [2.24, 2.45) is 5.92 Å². The number of nitrogens with zero attached hydrogens (tertiary/aromatic N) is 2. The van der Waals surface area contributed by atoms with Gasteiger partial charge < -0.3 is 14.4 Å². The van der Waals surface area contributed by atoms with Crippen LogP contribution < -0.4 is 15.0 Å². The van der Waals surface area contributed by atoms with Gasteiger partial charge in [0.15, 0.2) is 0 Å². The minimum atomic E-state index is -0.654. The van der Waals surface area contributed by atoms with E-state index in [9.17, 15) is 9.18 Å². The highest BCUT2D eigenvalue weighted by Gasteiger charge is 2.20. The number of hydrogen-bond donors (Lipinski definition) is 2. The van der Waals surface area contributed by atoms with E-state index in [0.29, 0.717) is 23.7 Å². The first-order chi connectivity index (χ1) is 14.9. The van der Waals surface area contributed by atoms with Gasteiger partial charge in [0.05, 0.1) is 0 Å². The van der Waals surface area contributed by atoms with Crippen LogP contribution in [0.3, 0.4) is 0 Å². The predicted molar refractivity (Wildman–Crippen MR) is 117 cm³/mol. The van der Waals surface area contributed by atoms with Crippen molar-refractivity contribution in [1.29, 1.82) is 0 Å². The van der Waals surface area contributed by atoms with Gasteiger partial charge in [0.2, 0.25) is 0 Å². The molecule has 0 radical (unpaired) electrons. The first-order valence-electron chi connectivity index (χ1n) is 10.5. The van der Waals surface area contributed by atoms with Crippen LogP contribution in [0.15, 0.2) is 48.3 Å². The summed E-state index contributed by atoms with van der Waals surface area (Å²) in [7, 11) is 2.12. The molecule has 0 aromatic heterocycles. The van der Waals surface area contributed by atoms with Crippen LogP contribution in [0.5, 0.6) is 11.5 Å². The Morgan fingerprint density at radius 2 is 2.10 bits per heavy atom. The monoisotopic (exact) mass is 431 g/mol. The molecule has 1 aromatic rings. The molecule has 2 atom stereocenters. The SMILES string of the molecule is CC1C=CC(F)=CC1Oc1cc(OCCN2CCN(C)CC2)ccc1/C=C/C(=O)NO. The maximum atomic E-state index is 13.7. The zero-order valence-corrected chi connectivity index (χ0v) is 18.0. The zero-order chi connectivity index (χ0) is 22.2. The largest absolute Gasteiger partial charge is 0.492 e. The number of nitrogens with one attached hydrogen (secondary N) is 1. The average Bonchev–Trinajstić information content (AvgIpc) is 2.77. The van der Waals surface area contributed by atoms with Gasteiger partial charge in [-0.25, -0.2) is 9.87 Å². The molecule has 0 saturated carbocycles. The minimum Gasteiger partial charge on any atom is -0.492 e. The summed E-state index contributed by atoms with van der Waals surface area (Å²) in [6.07, 6.45) is 6.85. The molecule has 1 heterocycles. The molecule has 0 spiro atoms. The van der Waals surface area contributed by atoms with E-state index in [4.69, 9.17) is 14.7 Å². The number of halogens is 1. The molecule has 2 aliphatic rings. The number of likely N-dealkylation sites (N-methyl/N-ethyl adjacent to an activating group) is 1. The molecule has 1 saturated heterocycles. The zero-order valence-electron chi connectivity index (χ0n) is 18.0. The van der Waals surface area contributed by atoms with Crippen molar-refractivity contribution in [3.05, 3.63) is 53.9 Å². The average molecular weight is 432 g/mol. The maximum Gasteiger partial charge on any atom is 0.267 e. The molecule has 31 heavy (non-hydrogen) atoms. The summed E-state index contributed by atoms with van der Waals surface area (Å²) in [5.74, 6) is 0.0864. The lowest BCUT2D eigenvalue weighted by Crippen LogP contribution is -2.45. The van der Waals surface area contributed by atoms with Crippen LogP contribution in [0, 0.1) is 5.92 Å². The Morgan fingerprint density at radius 3 is 2.84 bits per heavy atom. The van der Waals surface area contributed by atoms with Gasteiger partial charge in [-0.05, 0) is 37.4 Å². The summed E-state index contributed by atoms with van der Waals surface area (Å²) < 4.78 is 25.7. The number of hydrogen-bond acceptors (Lipinski definition) is 6. The highest BCUT2D eigenvalue weighted by molar-refractivity contribution is 5.91. The molecule has 2 unspecified atom stereocenters. The second kappa shape index (κ2) is 11.1. The molecule has 3 rings (SSSR count). The number of carbonyl (C=O) groups excluding carboxylic acids is 1. The molecular weight excluding hydrogens is 401 g/mol. The fourth-order valence-corrected chi connectivity index (χ4v) is 3.42. The summed E-state index contributed by atoms with van der Waals surface area (Å²) in [4.78, 5) is 16.0. The summed E-state index contributed by atoms with van der Waals surface area (Å²) in [6, 6.07) is 5.32. The fraction of sp³-hybridized carbons (Fsp3) is 0.435. The fourth-order valence-electron chi connectivity index (χ4n) is 3.42. The van der Waals surface area contributed by atoms with Crippen LogP contribution in [0.1, 0.15) is 12.5 Å². The molecule has 1 aliphatic carbocycles. The van der Waals surface area contributed by atoms with Crippen molar-refractivity contribution in [3.63, 3.8) is 0 Å². The van der Waals surface area contributed by atoms with Crippen LogP contribution in [-0.4, -0.2) is 73.4 Å². The number of carbonyl (C=O) groups is 1. The van der Waals surface area contributed by atoms with E-state index in [1.165, 1.54) is 24.3 Å². The number of amides is 1. The van der Waals surface area contributed by atoms with E-state index in [2.05, 4.69) is 16.8 Å².